The van der Waals surface area contributed by atoms with Crippen molar-refractivity contribution in [1.82, 2.24) is 0 Å². The second-order valence-electron chi connectivity index (χ2n) is 6.04. The first-order chi connectivity index (χ1) is 9.29. The van der Waals surface area contributed by atoms with E-state index in [1.807, 2.05) is 0 Å². The zero-order valence-electron chi connectivity index (χ0n) is 11.3. The van der Waals surface area contributed by atoms with Crippen molar-refractivity contribution < 1.29 is 32.9 Å². The number of ether oxygens (including phenoxy) is 1. The van der Waals surface area contributed by atoms with Gasteiger partial charge in [-0.1, -0.05) is 18.9 Å². The molecule has 3 unspecified atom stereocenters. The van der Waals surface area contributed by atoms with E-state index in [0.29, 0.717) is 11.8 Å². The van der Waals surface area contributed by atoms with Gasteiger partial charge in [0.1, 0.15) is 12.0 Å². The van der Waals surface area contributed by atoms with Crippen LogP contribution in [0.2, 0.25) is 0 Å². The van der Waals surface area contributed by atoms with Crippen molar-refractivity contribution in [2.75, 3.05) is 6.61 Å². The fourth-order valence-electron chi connectivity index (χ4n) is 3.52. The van der Waals surface area contributed by atoms with E-state index in [0.717, 1.165) is 19.3 Å². The quantitative estimate of drug-likeness (QED) is 0.351. The molecule has 3 aliphatic carbocycles. The molecule has 3 atom stereocenters. The molecule has 3 rings (SSSR count). The molecule has 0 radical (unpaired) electrons. The summed E-state index contributed by atoms with van der Waals surface area (Å²) in [5.41, 5.74) is 0.209. The van der Waals surface area contributed by atoms with Gasteiger partial charge >= 0.3 is 11.2 Å². The largest absolute Gasteiger partial charge is 0.460 e. The number of carbonyl (C=O) groups is 1. The van der Waals surface area contributed by atoms with E-state index >= 15 is 0 Å². The molecule has 20 heavy (non-hydrogen) atoms. The molecule has 0 aromatic carbocycles. The Morgan fingerprint density at radius 3 is 2.70 bits per heavy atom. The first kappa shape index (κ1) is 15.9. The lowest BCUT2D eigenvalue weighted by molar-refractivity contribution is -0.433. The molecule has 0 aliphatic heterocycles. The highest BCUT2D eigenvalue weighted by atomic mass is 32.2. The standard InChI is InChI=1S/C12H18F2O5S/c1-11(2)8-4-3-7(9(11)5-8)6-17-10(15)12(13,14)20-19-18-16/h7-9,16H,3-6H2,1-2H3. The summed E-state index contributed by atoms with van der Waals surface area (Å²) < 4.78 is 34.7. The smallest absolute Gasteiger partial charge is 0.415 e. The summed E-state index contributed by atoms with van der Waals surface area (Å²) in [5.74, 6) is -0.424. The van der Waals surface area contributed by atoms with E-state index < -0.39 is 23.3 Å². The predicted molar refractivity (Wildman–Crippen MR) is 66.4 cm³/mol. The topological polar surface area (TPSA) is 65.0 Å². The van der Waals surface area contributed by atoms with Gasteiger partial charge in [0.15, 0.2) is 0 Å². The summed E-state index contributed by atoms with van der Waals surface area (Å²) in [6, 6.07) is 0. The Morgan fingerprint density at radius 2 is 2.15 bits per heavy atom. The van der Waals surface area contributed by atoms with Gasteiger partial charge in [0.25, 0.3) is 0 Å². The minimum Gasteiger partial charge on any atom is -0.460 e. The van der Waals surface area contributed by atoms with Crippen LogP contribution in [0, 0.1) is 23.2 Å². The van der Waals surface area contributed by atoms with Gasteiger partial charge in [0.05, 0.1) is 6.61 Å². The van der Waals surface area contributed by atoms with Crippen LogP contribution < -0.4 is 0 Å². The van der Waals surface area contributed by atoms with E-state index in [2.05, 4.69) is 23.2 Å². The summed E-state index contributed by atoms with van der Waals surface area (Å²) in [5, 5.41) is 6.95. The molecule has 0 heterocycles. The average molecular weight is 312 g/mol. The molecular weight excluding hydrogens is 294 g/mol. The number of halogens is 2. The van der Waals surface area contributed by atoms with Gasteiger partial charge in [0.2, 0.25) is 0 Å². The van der Waals surface area contributed by atoms with Crippen molar-refractivity contribution in [1.29, 1.82) is 0 Å². The van der Waals surface area contributed by atoms with Crippen molar-refractivity contribution in [2.45, 2.75) is 38.4 Å². The fraction of sp³-hybridized carbons (Fsp3) is 0.917. The normalized spacial score (nSPS) is 31.6. The van der Waals surface area contributed by atoms with E-state index in [1.165, 1.54) is 0 Å². The van der Waals surface area contributed by atoms with Gasteiger partial charge in [-0.15, -0.1) is 4.33 Å². The highest BCUT2D eigenvalue weighted by molar-refractivity contribution is 7.96. The second-order valence-corrected chi connectivity index (χ2v) is 6.85. The Bertz CT molecular complexity index is 375. The summed E-state index contributed by atoms with van der Waals surface area (Å²) >= 11 is -0.596. The number of esters is 1. The molecule has 3 saturated carbocycles. The molecular formula is C12H18F2O5S. The maximum atomic E-state index is 13.2. The molecule has 0 amide bonds. The average Bonchev–Trinajstić information content (AvgIpc) is 2.42. The van der Waals surface area contributed by atoms with Crippen molar-refractivity contribution in [3.63, 3.8) is 0 Å². The van der Waals surface area contributed by atoms with Gasteiger partial charge in [-0.25, -0.2) is 10.1 Å². The van der Waals surface area contributed by atoms with E-state index in [9.17, 15) is 13.6 Å². The molecule has 2 bridgehead atoms. The minimum atomic E-state index is -3.91. The van der Waals surface area contributed by atoms with Crippen LogP contribution in [0.5, 0.6) is 0 Å². The molecule has 0 aromatic heterocycles. The van der Waals surface area contributed by atoms with Gasteiger partial charge in [-0.05, 0) is 42.4 Å². The van der Waals surface area contributed by atoms with Crippen molar-refractivity contribution >= 4 is 18.0 Å². The molecule has 0 aromatic rings. The maximum Gasteiger partial charge on any atom is 0.415 e. The van der Waals surface area contributed by atoms with Crippen LogP contribution in [0.3, 0.4) is 0 Å². The number of carbonyl (C=O) groups excluding carboxylic acids is 1. The molecule has 1 N–H and O–H groups in total. The van der Waals surface area contributed by atoms with Gasteiger partial charge in [0, 0.05) is 0 Å². The number of alkyl halides is 2. The zero-order valence-corrected chi connectivity index (χ0v) is 12.1. The minimum absolute atomic E-state index is 0.00418. The number of hydrogen-bond acceptors (Lipinski definition) is 6. The summed E-state index contributed by atoms with van der Waals surface area (Å²) in [6.07, 6.45) is 3.04. The Labute approximate surface area is 120 Å². The monoisotopic (exact) mass is 312 g/mol. The Morgan fingerprint density at radius 1 is 1.45 bits per heavy atom. The lowest BCUT2D eigenvalue weighted by Crippen LogP contribution is -2.53. The maximum absolute atomic E-state index is 13.2. The lowest BCUT2D eigenvalue weighted by atomic mass is 9.46. The second kappa shape index (κ2) is 5.75. The number of hydrogen-bond donors (Lipinski definition) is 1. The zero-order chi connectivity index (χ0) is 15.0. The Hall–Kier alpha value is -0.440. The van der Waals surface area contributed by atoms with Crippen LogP contribution in [0.15, 0.2) is 0 Å². The molecule has 3 fully saturated rings. The molecule has 5 nitrogen and oxygen atoms in total. The first-order valence-electron chi connectivity index (χ1n) is 6.50. The third kappa shape index (κ3) is 2.93. The molecule has 0 saturated heterocycles. The summed E-state index contributed by atoms with van der Waals surface area (Å²) in [4.78, 5) is 11.3. The molecule has 8 heteroatoms. The van der Waals surface area contributed by atoms with Crippen molar-refractivity contribution in [2.24, 2.45) is 23.2 Å². The van der Waals surface area contributed by atoms with E-state index in [4.69, 9.17) is 9.99 Å². The van der Waals surface area contributed by atoms with Gasteiger partial charge in [-0.3, -0.25) is 0 Å². The van der Waals surface area contributed by atoms with Gasteiger partial charge in [-0.2, -0.15) is 8.78 Å². The first-order valence-corrected chi connectivity index (χ1v) is 7.24. The van der Waals surface area contributed by atoms with Crippen molar-refractivity contribution in [3.8, 4) is 0 Å². The molecule has 0 spiro atoms. The SMILES string of the molecule is CC1(C)C2CCC(COC(=O)C(F)(F)SOOO)C1C2. The van der Waals surface area contributed by atoms with Crippen LogP contribution in [0.25, 0.3) is 0 Å². The van der Waals surface area contributed by atoms with Crippen LogP contribution in [0.1, 0.15) is 33.1 Å². The number of rotatable bonds is 6. The van der Waals surface area contributed by atoms with E-state index in [1.54, 1.807) is 0 Å². The Balaban J connectivity index is 1.82. The Kier molecular flexibility index (Phi) is 4.58. The molecule has 3 aliphatic rings. The van der Waals surface area contributed by atoms with E-state index in [-0.39, 0.29) is 17.9 Å². The third-order valence-corrected chi connectivity index (χ3v) is 5.34. The van der Waals surface area contributed by atoms with Crippen LogP contribution in [0.4, 0.5) is 8.78 Å². The number of fused-ring (bicyclic) bond motifs is 2. The summed E-state index contributed by atoms with van der Waals surface area (Å²) in [7, 11) is 0. The van der Waals surface area contributed by atoms with Crippen LogP contribution in [-0.2, 0) is 18.9 Å². The highest BCUT2D eigenvalue weighted by Gasteiger charge is 2.54. The predicted octanol–water partition coefficient (Wildman–Crippen LogP) is 3.26. The van der Waals surface area contributed by atoms with Crippen molar-refractivity contribution in [3.05, 3.63) is 0 Å². The van der Waals surface area contributed by atoms with Crippen LogP contribution in [-0.4, -0.2) is 23.1 Å². The summed E-state index contributed by atoms with van der Waals surface area (Å²) in [6.45, 7) is 4.35. The fourth-order valence-corrected chi connectivity index (χ4v) is 3.76. The van der Waals surface area contributed by atoms with Crippen LogP contribution >= 0.6 is 12.0 Å². The van der Waals surface area contributed by atoms with Gasteiger partial charge < -0.3 is 4.74 Å². The molecule has 116 valence electrons. The highest BCUT2D eigenvalue weighted by Crippen LogP contribution is 2.61. The third-order valence-electron chi connectivity index (χ3n) is 4.84. The lowest BCUT2D eigenvalue weighted by Gasteiger charge is -2.60.